The molecule has 0 radical (unpaired) electrons. The van der Waals surface area contributed by atoms with Crippen molar-refractivity contribution in [2.75, 3.05) is 0 Å². The highest BCUT2D eigenvalue weighted by molar-refractivity contribution is 5.71. The highest BCUT2D eigenvalue weighted by Crippen LogP contribution is 2.32. The minimum absolute atomic E-state index is 0.00353. The molecule has 1 aromatic heterocycles. The molecule has 1 N–H and O–H groups in total. The molecule has 27 heavy (non-hydrogen) atoms. The summed E-state index contributed by atoms with van der Waals surface area (Å²) < 4.78 is 1.75. The van der Waals surface area contributed by atoms with Crippen LogP contribution in [0.15, 0.2) is 53.3 Å². The highest BCUT2D eigenvalue weighted by Gasteiger charge is 2.19. The maximum atomic E-state index is 13.2. The number of benzene rings is 2. The quantitative estimate of drug-likeness (QED) is 0.706. The second-order valence-corrected chi connectivity index (χ2v) is 6.90. The summed E-state index contributed by atoms with van der Waals surface area (Å²) in [5.41, 5.74) is 3.84. The molecule has 0 bridgehead atoms. The average molecular weight is 362 g/mol. The van der Waals surface area contributed by atoms with Gasteiger partial charge in [-0.2, -0.15) is 0 Å². The van der Waals surface area contributed by atoms with Crippen LogP contribution in [0, 0.1) is 13.8 Å². The van der Waals surface area contributed by atoms with Gasteiger partial charge in [0.25, 0.3) is 5.56 Å². The third kappa shape index (κ3) is 3.95. The van der Waals surface area contributed by atoms with Gasteiger partial charge < -0.3 is 5.11 Å². The van der Waals surface area contributed by atoms with Crippen LogP contribution in [0.25, 0.3) is 11.3 Å². The number of hydrogen-bond donors (Lipinski definition) is 1. The fourth-order valence-electron chi connectivity index (χ4n) is 3.40. The van der Waals surface area contributed by atoms with Crippen LogP contribution in [0.3, 0.4) is 0 Å². The largest absolute Gasteiger partial charge is 0.507 e. The van der Waals surface area contributed by atoms with Gasteiger partial charge in [-0.25, -0.2) is 4.98 Å². The van der Waals surface area contributed by atoms with Gasteiger partial charge in [0, 0.05) is 17.7 Å². The van der Waals surface area contributed by atoms with Crippen molar-refractivity contribution in [1.29, 1.82) is 0 Å². The summed E-state index contributed by atoms with van der Waals surface area (Å²) in [7, 11) is 0. The van der Waals surface area contributed by atoms with Crippen LogP contribution in [0.5, 0.6) is 5.75 Å². The Morgan fingerprint density at radius 3 is 2.44 bits per heavy atom. The molecule has 0 spiro atoms. The van der Waals surface area contributed by atoms with Crippen LogP contribution in [-0.4, -0.2) is 14.7 Å². The lowest BCUT2D eigenvalue weighted by molar-refractivity contribution is 0.472. The first-order valence-electron chi connectivity index (χ1n) is 9.46. The van der Waals surface area contributed by atoms with Crippen molar-refractivity contribution in [2.45, 2.75) is 46.6 Å². The van der Waals surface area contributed by atoms with Gasteiger partial charge in [-0.15, -0.1) is 0 Å². The lowest BCUT2D eigenvalue weighted by Crippen LogP contribution is -2.28. The Labute approximate surface area is 160 Å². The van der Waals surface area contributed by atoms with Crippen LogP contribution in [-0.2, 0) is 19.4 Å². The molecule has 1 heterocycles. The first kappa shape index (κ1) is 18.9. The number of para-hydroxylation sites is 1. The standard InChI is InChI=1S/C23H26N2O2/c1-4-15-25-17(3)24-21(19-12-8-9-16(2)22(19)26)20(23(25)27)14-13-18-10-6-5-7-11-18/h5-12,26H,4,13-15H2,1-3H3. The van der Waals surface area contributed by atoms with Gasteiger partial charge in [-0.3, -0.25) is 9.36 Å². The molecule has 0 unspecified atom stereocenters. The van der Waals surface area contributed by atoms with Crippen molar-refractivity contribution in [1.82, 2.24) is 9.55 Å². The van der Waals surface area contributed by atoms with Crippen molar-refractivity contribution in [3.8, 4) is 17.0 Å². The molecule has 0 saturated carbocycles. The summed E-state index contributed by atoms with van der Waals surface area (Å²) in [6, 6.07) is 15.7. The van der Waals surface area contributed by atoms with E-state index in [1.165, 1.54) is 5.56 Å². The van der Waals surface area contributed by atoms with E-state index in [0.29, 0.717) is 35.6 Å². The molecule has 0 saturated heterocycles. The van der Waals surface area contributed by atoms with Crippen LogP contribution >= 0.6 is 0 Å². The second kappa shape index (κ2) is 8.21. The molecule has 2 aromatic carbocycles. The predicted molar refractivity (Wildman–Crippen MR) is 109 cm³/mol. The molecule has 0 aliphatic rings. The number of aromatic nitrogens is 2. The lowest BCUT2D eigenvalue weighted by Gasteiger charge is -2.16. The lowest BCUT2D eigenvalue weighted by atomic mass is 9.98. The van der Waals surface area contributed by atoms with E-state index >= 15 is 0 Å². The Morgan fingerprint density at radius 2 is 1.74 bits per heavy atom. The van der Waals surface area contributed by atoms with Crippen molar-refractivity contribution in [2.24, 2.45) is 0 Å². The maximum Gasteiger partial charge on any atom is 0.257 e. The predicted octanol–water partition coefficient (Wildman–Crippen LogP) is 4.43. The van der Waals surface area contributed by atoms with Crippen molar-refractivity contribution in [3.05, 3.63) is 81.4 Å². The minimum atomic E-state index is -0.00353. The molecule has 3 rings (SSSR count). The zero-order valence-corrected chi connectivity index (χ0v) is 16.2. The first-order valence-corrected chi connectivity index (χ1v) is 9.46. The molecule has 3 aromatic rings. The van der Waals surface area contributed by atoms with Gasteiger partial charge >= 0.3 is 0 Å². The van der Waals surface area contributed by atoms with E-state index in [-0.39, 0.29) is 11.3 Å². The number of phenols is 1. The molecule has 0 aliphatic carbocycles. The fraction of sp³-hybridized carbons (Fsp3) is 0.304. The van der Waals surface area contributed by atoms with Crippen LogP contribution in [0.2, 0.25) is 0 Å². The van der Waals surface area contributed by atoms with Gasteiger partial charge in [0.2, 0.25) is 0 Å². The molecule has 0 amide bonds. The van der Waals surface area contributed by atoms with Gasteiger partial charge in [0.15, 0.2) is 0 Å². The normalized spacial score (nSPS) is 10.9. The van der Waals surface area contributed by atoms with Crippen LogP contribution in [0.4, 0.5) is 0 Å². The number of aromatic hydroxyl groups is 1. The maximum absolute atomic E-state index is 13.2. The summed E-state index contributed by atoms with van der Waals surface area (Å²) >= 11 is 0. The molecule has 4 nitrogen and oxygen atoms in total. The molecular weight excluding hydrogens is 336 g/mol. The molecular formula is C23H26N2O2. The zero-order chi connectivity index (χ0) is 19.4. The van der Waals surface area contributed by atoms with E-state index < -0.39 is 0 Å². The van der Waals surface area contributed by atoms with Crippen molar-refractivity contribution >= 4 is 0 Å². The molecule has 140 valence electrons. The number of hydrogen-bond acceptors (Lipinski definition) is 3. The van der Waals surface area contributed by atoms with Crippen LogP contribution < -0.4 is 5.56 Å². The number of nitrogens with zero attached hydrogens (tertiary/aromatic N) is 2. The minimum Gasteiger partial charge on any atom is -0.507 e. The van der Waals surface area contributed by atoms with E-state index in [9.17, 15) is 9.90 Å². The summed E-state index contributed by atoms with van der Waals surface area (Å²) in [5.74, 6) is 0.874. The Balaban J connectivity index is 2.13. The number of aryl methyl sites for hydroxylation is 3. The SMILES string of the molecule is CCCn1c(C)nc(-c2cccc(C)c2O)c(CCc2ccccc2)c1=O. The molecule has 0 fully saturated rings. The second-order valence-electron chi connectivity index (χ2n) is 6.90. The highest BCUT2D eigenvalue weighted by atomic mass is 16.3. The molecule has 0 aliphatic heterocycles. The van der Waals surface area contributed by atoms with E-state index in [0.717, 1.165) is 18.4 Å². The molecule has 4 heteroatoms. The summed E-state index contributed by atoms with van der Waals surface area (Å²) in [5, 5.41) is 10.6. The van der Waals surface area contributed by atoms with E-state index in [1.807, 2.05) is 50.2 Å². The Bertz CT molecular complexity index is 991. The Morgan fingerprint density at radius 1 is 1.00 bits per heavy atom. The van der Waals surface area contributed by atoms with Gasteiger partial charge in [-0.1, -0.05) is 49.4 Å². The summed E-state index contributed by atoms with van der Waals surface area (Å²) in [6.07, 6.45) is 2.21. The summed E-state index contributed by atoms with van der Waals surface area (Å²) in [6.45, 7) is 6.41. The van der Waals surface area contributed by atoms with E-state index in [1.54, 1.807) is 4.57 Å². The monoisotopic (exact) mass is 362 g/mol. The smallest absolute Gasteiger partial charge is 0.257 e. The third-order valence-corrected chi connectivity index (χ3v) is 4.90. The van der Waals surface area contributed by atoms with Gasteiger partial charge in [-0.05, 0) is 50.3 Å². The topological polar surface area (TPSA) is 55.1 Å². The van der Waals surface area contributed by atoms with E-state index in [4.69, 9.17) is 4.98 Å². The average Bonchev–Trinajstić information content (AvgIpc) is 2.67. The van der Waals surface area contributed by atoms with Gasteiger partial charge in [0.05, 0.1) is 5.69 Å². The molecule has 0 atom stereocenters. The fourth-order valence-corrected chi connectivity index (χ4v) is 3.40. The van der Waals surface area contributed by atoms with Gasteiger partial charge in [0.1, 0.15) is 11.6 Å². The van der Waals surface area contributed by atoms with Crippen LogP contribution in [0.1, 0.15) is 35.9 Å². The van der Waals surface area contributed by atoms with E-state index in [2.05, 4.69) is 19.1 Å². The summed E-state index contributed by atoms with van der Waals surface area (Å²) in [4.78, 5) is 18.0. The Hall–Kier alpha value is -2.88. The van der Waals surface area contributed by atoms with Crippen molar-refractivity contribution < 1.29 is 5.11 Å². The number of phenolic OH excluding ortho intramolecular Hbond substituents is 1. The Kier molecular flexibility index (Phi) is 5.75. The zero-order valence-electron chi connectivity index (χ0n) is 16.2. The van der Waals surface area contributed by atoms with Crippen molar-refractivity contribution in [3.63, 3.8) is 0 Å². The first-order chi connectivity index (χ1) is 13.0. The third-order valence-electron chi connectivity index (χ3n) is 4.90. The number of rotatable bonds is 6.